The van der Waals surface area contributed by atoms with E-state index in [9.17, 15) is 9.90 Å². The normalized spacial score (nSPS) is 10.8. The second-order valence-electron chi connectivity index (χ2n) is 6.16. The number of anilines is 2. The van der Waals surface area contributed by atoms with E-state index in [4.69, 9.17) is 4.74 Å². The molecule has 0 aliphatic rings. The van der Waals surface area contributed by atoms with Crippen molar-refractivity contribution in [3.8, 4) is 5.75 Å². The maximum absolute atomic E-state index is 12.6. The molecule has 140 valence electrons. The first-order valence-corrected chi connectivity index (χ1v) is 9.45. The van der Waals surface area contributed by atoms with E-state index in [-0.39, 0.29) is 12.4 Å². The van der Waals surface area contributed by atoms with Crippen LogP contribution in [0.4, 0.5) is 11.5 Å². The Hall–Kier alpha value is -3.45. The van der Waals surface area contributed by atoms with E-state index in [1.807, 2.05) is 43.3 Å². The van der Waals surface area contributed by atoms with Gasteiger partial charge in [-0.3, -0.25) is 0 Å². The van der Waals surface area contributed by atoms with Crippen LogP contribution in [0.2, 0.25) is 0 Å². The zero-order valence-electron chi connectivity index (χ0n) is 15.0. The molecular formula is C21H17N3O3S. The molecule has 0 radical (unpaired) electrons. The summed E-state index contributed by atoms with van der Waals surface area (Å²) in [5.41, 5.74) is 2.20. The third-order valence-electron chi connectivity index (χ3n) is 4.28. The van der Waals surface area contributed by atoms with E-state index in [0.717, 1.165) is 16.5 Å². The van der Waals surface area contributed by atoms with Crippen molar-refractivity contribution >= 4 is 39.0 Å². The molecular weight excluding hydrogens is 374 g/mol. The number of carbonyl (C=O) groups is 1. The highest BCUT2D eigenvalue weighted by molar-refractivity contribution is 7.20. The van der Waals surface area contributed by atoms with Gasteiger partial charge in [0.2, 0.25) is 0 Å². The monoisotopic (exact) mass is 391 g/mol. The number of thiophene rings is 1. The highest BCUT2D eigenvalue weighted by atomic mass is 32.1. The number of rotatable bonds is 5. The number of aromatic nitrogens is 2. The van der Waals surface area contributed by atoms with E-state index in [1.165, 1.54) is 17.7 Å². The molecule has 7 heteroatoms. The van der Waals surface area contributed by atoms with Crippen molar-refractivity contribution in [2.45, 2.75) is 13.5 Å². The molecule has 4 rings (SSSR count). The molecule has 6 nitrogen and oxygen atoms in total. The van der Waals surface area contributed by atoms with Gasteiger partial charge < -0.3 is 15.2 Å². The summed E-state index contributed by atoms with van der Waals surface area (Å²) in [5, 5.41) is 13.9. The standard InChI is InChI=1S/C21H17N3O3S/c1-13-17-19(24-15-9-5-6-10-16(15)25)22-12-23-20(17)28-18(13)21(26)27-11-14-7-3-2-4-8-14/h2-10,12,25H,11H2,1H3,(H,22,23,24). The molecule has 0 unspecified atom stereocenters. The quantitative estimate of drug-likeness (QED) is 0.375. The number of carbonyl (C=O) groups excluding carboxylic acids is 1. The lowest BCUT2D eigenvalue weighted by Crippen LogP contribution is -2.04. The summed E-state index contributed by atoms with van der Waals surface area (Å²) in [6.45, 7) is 2.05. The fourth-order valence-electron chi connectivity index (χ4n) is 2.86. The van der Waals surface area contributed by atoms with Crippen LogP contribution in [0.5, 0.6) is 5.75 Å². The van der Waals surface area contributed by atoms with Gasteiger partial charge in [-0.2, -0.15) is 0 Å². The van der Waals surface area contributed by atoms with Gasteiger partial charge in [0.25, 0.3) is 0 Å². The average molecular weight is 391 g/mol. The van der Waals surface area contributed by atoms with E-state index < -0.39 is 5.97 Å². The zero-order valence-corrected chi connectivity index (χ0v) is 15.9. The van der Waals surface area contributed by atoms with Crippen LogP contribution in [0.3, 0.4) is 0 Å². The zero-order chi connectivity index (χ0) is 19.5. The molecule has 2 heterocycles. The van der Waals surface area contributed by atoms with Crippen LogP contribution in [0.25, 0.3) is 10.2 Å². The van der Waals surface area contributed by atoms with Crippen molar-refractivity contribution in [2.75, 3.05) is 5.32 Å². The molecule has 0 saturated carbocycles. The summed E-state index contributed by atoms with van der Waals surface area (Å²) in [4.78, 5) is 22.4. The number of fused-ring (bicyclic) bond motifs is 1. The molecule has 2 N–H and O–H groups in total. The lowest BCUT2D eigenvalue weighted by molar-refractivity contribution is 0.0478. The second kappa shape index (κ2) is 7.66. The molecule has 0 spiro atoms. The molecule has 0 fully saturated rings. The minimum atomic E-state index is -0.391. The number of nitrogens with one attached hydrogen (secondary N) is 1. The smallest absolute Gasteiger partial charge is 0.349 e. The largest absolute Gasteiger partial charge is 0.506 e. The number of ether oxygens (including phenoxy) is 1. The van der Waals surface area contributed by atoms with Gasteiger partial charge in [-0.05, 0) is 30.2 Å². The molecule has 2 aromatic carbocycles. The first-order chi connectivity index (χ1) is 13.6. The van der Waals surface area contributed by atoms with Crippen molar-refractivity contribution in [3.63, 3.8) is 0 Å². The third-order valence-corrected chi connectivity index (χ3v) is 5.46. The number of nitrogens with zero attached hydrogens (tertiary/aromatic N) is 2. The second-order valence-corrected chi connectivity index (χ2v) is 7.16. The molecule has 4 aromatic rings. The van der Waals surface area contributed by atoms with Crippen LogP contribution in [0.1, 0.15) is 20.8 Å². The van der Waals surface area contributed by atoms with Crippen molar-refractivity contribution in [1.82, 2.24) is 9.97 Å². The SMILES string of the molecule is Cc1c(C(=O)OCc2ccccc2)sc2ncnc(Nc3ccccc3O)c12. The Balaban J connectivity index is 1.63. The summed E-state index contributed by atoms with van der Waals surface area (Å²) in [6, 6.07) is 16.4. The minimum absolute atomic E-state index is 0.115. The number of para-hydroxylation sites is 2. The fourth-order valence-corrected chi connectivity index (χ4v) is 3.90. The van der Waals surface area contributed by atoms with Crippen LogP contribution in [-0.2, 0) is 11.3 Å². The number of hydrogen-bond acceptors (Lipinski definition) is 7. The van der Waals surface area contributed by atoms with Crippen LogP contribution in [0, 0.1) is 6.92 Å². The first kappa shape index (κ1) is 17.9. The maximum atomic E-state index is 12.6. The predicted octanol–water partition coefficient (Wildman–Crippen LogP) is 4.81. The van der Waals surface area contributed by atoms with E-state index in [1.54, 1.807) is 18.2 Å². The van der Waals surface area contributed by atoms with Gasteiger partial charge >= 0.3 is 5.97 Å². The lowest BCUT2D eigenvalue weighted by atomic mass is 10.2. The Morgan fingerprint density at radius 3 is 2.64 bits per heavy atom. The molecule has 0 aliphatic heterocycles. The highest BCUT2D eigenvalue weighted by Crippen LogP contribution is 2.36. The Morgan fingerprint density at radius 1 is 1.11 bits per heavy atom. The summed E-state index contributed by atoms with van der Waals surface area (Å²) in [7, 11) is 0. The van der Waals surface area contributed by atoms with Crippen molar-refractivity contribution in [3.05, 3.63) is 76.9 Å². The van der Waals surface area contributed by atoms with E-state index in [2.05, 4.69) is 15.3 Å². The summed E-state index contributed by atoms with van der Waals surface area (Å²) in [5.74, 6) is 0.254. The van der Waals surface area contributed by atoms with Crippen LogP contribution in [-0.4, -0.2) is 21.0 Å². The Labute approximate surface area is 165 Å². The van der Waals surface area contributed by atoms with Crippen LogP contribution in [0.15, 0.2) is 60.9 Å². The van der Waals surface area contributed by atoms with Gasteiger partial charge in [0.1, 0.15) is 34.2 Å². The lowest BCUT2D eigenvalue weighted by Gasteiger charge is -2.08. The molecule has 0 atom stereocenters. The number of hydrogen-bond donors (Lipinski definition) is 2. The number of esters is 1. The third kappa shape index (κ3) is 3.52. The van der Waals surface area contributed by atoms with E-state index in [0.29, 0.717) is 21.2 Å². The van der Waals surface area contributed by atoms with Crippen molar-refractivity contribution < 1.29 is 14.6 Å². The van der Waals surface area contributed by atoms with Gasteiger partial charge in [0.15, 0.2) is 0 Å². The van der Waals surface area contributed by atoms with Gasteiger partial charge in [-0.1, -0.05) is 42.5 Å². The average Bonchev–Trinajstić information content (AvgIpc) is 3.06. The number of aryl methyl sites for hydroxylation is 1. The molecule has 0 amide bonds. The number of phenols is 1. The molecule has 28 heavy (non-hydrogen) atoms. The molecule has 0 saturated heterocycles. The van der Waals surface area contributed by atoms with Gasteiger partial charge in [0, 0.05) is 0 Å². The molecule has 0 bridgehead atoms. The molecule has 0 aliphatic carbocycles. The number of phenolic OH excluding ortho intramolecular Hbond substituents is 1. The maximum Gasteiger partial charge on any atom is 0.349 e. The fraction of sp³-hybridized carbons (Fsp3) is 0.0952. The first-order valence-electron chi connectivity index (χ1n) is 8.63. The Morgan fingerprint density at radius 2 is 1.86 bits per heavy atom. The number of aromatic hydroxyl groups is 1. The van der Waals surface area contributed by atoms with Crippen molar-refractivity contribution in [1.29, 1.82) is 0 Å². The Kier molecular flexibility index (Phi) is 4.90. The van der Waals surface area contributed by atoms with Gasteiger partial charge in [-0.15, -0.1) is 11.3 Å². The molecule has 2 aromatic heterocycles. The van der Waals surface area contributed by atoms with Crippen LogP contribution >= 0.6 is 11.3 Å². The van der Waals surface area contributed by atoms with E-state index >= 15 is 0 Å². The number of benzene rings is 2. The van der Waals surface area contributed by atoms with Crippen molar-refractivity contribution in [2.24, 2.45) is 0 Å². The van der Waals surface area contributed by atoms with Gasteiger partial charge in [-0.25, -0.2) is 14.8 Å². The summed E-state index contributed by atoms with van der Waals surface area (Å²) >= 11 is 1.27. The summed E-state index contributed by atoms with van der Waals surface area (Å²) < 4.78 is 5.46. The Bertz CT molecular complexity index is 1140. The summed E-state index contributed by atoms with van der Waals surface area (Å²) in [6.07, 6.45) is 1.43. The highest BCUT2D eigenvalue weighted by Gasteiger charge is 2.21. The van der Waals surface area contributed by atoms with Gasteiger partial charge in [0.05, 0.1) is 11.1 Å². The van der Waals surface area contributed by atoms with Crippen LogP contribution < -0.4 is 5.32 Å². The predicted molar refractivity (Wildman–Crippen MR) is 109 cm³/mol. The topological polar surface area (TPSA) is 84.3 Å². The minimum Gasteiger partial charge on any atom is -0.506 e.